The molecule has 2 aromatic rings. The van der Waals surface area contributed by atoms with Crippen molar-refractivity contribution in [2.75, 3.05) is 38.6 Å². The number of nitrogens with zero attached hydrogens (tertiary/aromatic N) is 4. The highest BCUT2D eigenvalue weighted by Crippen LogP contribution is 2.23. The standard InChI is InChI=1S/C20H28ClN5/c1-22-20(25(3)15-19-11-17(21)14-24(19)2)23-12-16-9-10-26(13-16)18-7-5-4-6-8-18/h4-8,11,14,16H,9-10,12-13,15H2,1-3H3,(H,22,23). The third-order valence-corrected chi connectivity index (χ3v) is 5.21. The van der Waals surface area contributed by atoms with Crippen LogP contribution in [-0.2, 0) is 13.6 Å². The molecule has 0 aliphatic carbocycles. The number of guanidine groups is 1. The number of nitrogens with one attached hydrogen (secondary N) is 1. The predicted octanol–water partition coefficient (Wildman–Crippen LogP) is 3.21. The molecule has 6 heteroatoms. The van der Waals surface area contributed by atoms with Crippen molar-refractivity contribution in [3.8, 4) is 0 Å². The maximum absolute atomic E-state index is 6.08. The van der Waals surface area contributed by atoms with Crippen LogP contribution in [0.3, 0.4) is 0 Å². The van der Waals surface area contributed by atoms with E-state index in [0.29, 0.717) is 5.92 Å². The number of para-hydroxylation sites is 1. The number of benzene rings is 1. The zero-order chi connectivity index (χ0) is 18.5. The van der Waals surface area contributed by atoms with E-state index in [4.69, 9.17) is 11.6 Å². The van der Waals surface area contributed by atoms with Gasteiger partial charge in [0.25, 0.3) is 0 Å². The molecule has 1 aromatic heterocycles. The first kappa shape index (κ1) is 18.6. The van der Waals surface area contributed by atoms with Gasteiger partial charge in [0.15, 0.2) is 5.96 Å². The van der Waals surface area contributed by atoms with Gasteiger partial charge in [-0.2, -0.15) is 0 Å². The highest BCUT2D eigenvalue weighted by molar-refractivity contribution is 6.30. The minimum absolute atomic E-state index is 0.629. The quantitative estimate of drug-likeness (QED) is 0.645. The molecule has 140 valence electrons. The molecule has 0 radical (unpaired) electrons. The first-order valence-corrected chi connectivity index (χ1v) is 9.47. The van der Waals surface area contributed by atoms with E-state index < -0.39 is 0 Å². The predicted molar refractivity (Wildman–Crippen MR) is 110 cm³/mol. The summed E-state index contributed by atoms with van der Waals surface area (Å²) < 4.78 is 2.06. The maximum Gasteiger partial charge on any atom is 0.193 e. The van der Waals surface area contributed by atoms with Crippen molar-refractivity contribution in [1.29, 1.82) is 0 Å². The third kappa shape index (κ3) is 4.52. The first-order valence-electron chi connectivity index (χ1n) is 9.09. The first-order chi connectivity index (χ1) is 12.6. The Kier molecular flexibility index (Phi) is 6.09. The molecule has 1 aromatic carbocycles. The van der Waals surface area contributed by atoms with Gasteiger partial charge in [0, 0.05) is 58.4 Å². The van der Waals surface area contributed by atoms with Gasteiger partial charge in [-0.1, -0.05) is 29.8 Å². The number of aromatic nitrogens is 1. The molecule has 1 aliphatic rings. The minimum atomic E-state index is 0.629. The van der Waals surface area contributed by atoms with Crippen LogP contribution in [-0.4, -0.2) is 49.2 Å². The highest BCUT2D eigenvalue weighted by atomic mass is 35.5. The number of aryl methyl sites for hydroxylation is 1. The van der Waals surface area contributed by atoms with Crippen molar-refractivity contribution in [3.05, 3.63) is 53.3 Å². The zero-order valence-electron chi connectivity index (χ0n) is 15.8. The van der Waals surface area contributed by atoms with Crippen molar-refractivity contribution in [3.63, 3.8) is 0 Å². The van der Waals surface area contributed by atoms with Crippen LogP contribution in [0.2, 0.25) is 5.02 Å². The number of hydrogen-bond donors (Lipinski definition) is 1. The summed E-state index contributed by atoms with van der Waals surface area (Å²) >= 11 is 6.08. The lowest BCUT2D eigenvalue weighted by molar-refractivity contribution is 0.450. The number of halogens is 1. The monoisotopic (exact) mass is 373 g/mol. The molecule has 2 heterocycles. The summed E-state index contributed by atoms with van der Waals surface area (Å²) in [4.78, 5) is 9.03. The molecule has 1 aliphatic heterocycles. The Balaban J connectivity index is 1.50. The van der Waals surface area contributed by atoms with E-state index in [1.807, 2.05) is 26.4 Å². The molecular formula is C20H28ClN5. The normalized spacial score (nSPS) is 17.6. The Labute approximate surface area is 161 Å². The second-order valence-corrected chi connectivity index (χ2v) is 7.42. The van der Waals surface area contributed by atoms with E-state index in [1.165, 1.54) is 12.1 Å². The second-order valence-electron chi connectivity index (χ2n) is 6.98. The number of rotatable bonds is 5. The largest absolute Gasteiger partial charge is 0.371 e. The molecule has 1 unspecified atom stereocenters. The van der Waals surface area contributed by atoms with Gasteiger partial charge in [-0.25, -0.2) is 0 Å². The van der Waals surface area contributed by atoms with Crippen LogP contribution in [0.15, 0.2) is 47.6 Å². The van der Waals surface area contributed by atoms with E-state index in [0.717, 1.165) is 42.9 Å². The van der Waals surface area contributed by atoms with Crippen LogP contribution in [0.25, 0.3) is 0 Å². The summed E-state index contributed by atoms with van der Waals surface area (Å²) in [7, 11) is 5.91. The van der Waals surface area contributed by atoms with Crippen molar-refractivity contribution in [1.82, 2.24) is 14.8 Å². The molecule has 1 N–H and O–H groups in total. The Morgan fingerprint density at radius 1 is 1.35 bits per heavy atom. The summed E-state index contributed by atoms with van der Waals surface area (Å²) in [6, 6.07) is 12.7. The van der Waals surface area contributed by atoms with E-state index in [2.05, 4.69) is 62.1 Å². The maximum atomic E-state index is 6.08. The van der Waals surface area contributed by atoms with Crippen LogP contribution in [0.1, 0.15) is 12.1 Å². The van der Waals surface area contributed by atoms with E-state index in [-0.39, 0.29) is 0 Å². The molecule has 0 spiro atoms. The molecule has 0 amide bonds. The van der Waals surface area contributed by atoms with Gasteiger partial charge in [-0.05, 0) is 30.5 Å². The van der Waals surface area contributed by atoms with Crippen LogP contribution in [0.5, 0.6) is 0 Å². The fourth-order valence-corrected chi connectivity index (χ4v) is 3.81. The molecule has 1 saturated heterocycles. The van der Waals surface area contributed by atoms with Crippen LogP contribution < -0.4 is 10.2 Å². The van der Waals surface area contributed by atoms with Gasteiger partial charge in [0.05, 0.1) is 11.6 Å². The van der Waals surface area contributed by atoms with Gasteiger partial charge >= 0.3 is 0 Å². The average molecular weight is 374 g/mol. The third-order valence-electron chi connectivity index (χ3n) is 5.00. The molecule has 3 rings (SSSR count). The van der Waals surface area contributed by atoms with E-state index in [9.17, 15) is 0 Å². The summed E-state index contributed by atoms with van der Waals surface area (Å²) in [6.07, 6.45) is 3.13. The van der Waals surface area contributed by atoms with Crippen molar-refractivity contribution in [2.24, 2.45) is 18.0 Å². The average Bonchev–Trinajstić information content (AvgIpc) is 3.23. The second kappa shape index (κ2) is 8.49. The smallest absolute Gasteiger partial charge is 0.193 e. The molecule has 5 nitrogen and oxygen atoms in total. The van der Waals surface area contributed by atoms with Gasteiger partial charge in [0.1, 0.15) is 0 Å². The van der Waals surface area contributed by atoms with Crippen molar-refractivity contribution < 1.29 is 0 Å². The Bertz CT molecular complexity index is 740. The Hall–Kier alpha value is -2.14. The fraction of sp³-hybridized carbons (Fsp3) is 0.450. The number of anilines is 1. The summed E-state index contributed by atoms with van der Waals surface area (Å²) in [5.74, 6) is 1.55. The topological polar surface area (TPSA) is 35.8 Å². The fourth-order valence-electron chi connectivity index (χ4n) is 3.53. The Morgan fingerprint density at radius 3 is 2.77 bits per heavy atom. The van der Waals surface area contributed by atoms with Crippen LogP contribution in [0, 0.1) is 5.92 Å². The molecule has 0 saturated carbocycles. The molecular weight excluding hydrogens is 346 g/mol. The summed E-state index contributed by atoms with van der Waals surface area (Å²) in [5.41, 5.74) is 2.48. The van der Waals surface area contributed by atoms with Gasteiger partial charge < -0.3 is 19.7 Å². The number of hydrogen-bond acceptors (Lipinski definition) is 2. The van der Waals surface area contributed by atoms with Gasteiger partial charge in [0.2, 0.25) is 0 Å². The van der Waals surface area contributed by atoms with Crippen LogP contribution >= 0.6 is 11.6 Å². The summed E-state index contributed by atoms with van der Waals surface area (Å²) in [6.45, 7) is 3.91. The zero-order valence-corrected chi connectivity index (χ0v) is 16.6. The van der Waals surface area contributed by atoms with E-state index >= 15 is 0 Å². The van der Waals surface area contributed by atoms with Crippen LogP contribution in [0.4, 0.5) is 5.69 Å². The van der Waals surface area contributed by atoms with Gasteiger partial charge in [-0.15, -0.1) is 0 Å². The SMILES string of the molecule is CN=C(NCC1CCN(c2ccccc2)C1)N(C)Cc1cc(Cl)cn1C. The molecule has 1 atom stereocenters. The lowest BCUT2D eigenvalue weighted by atomic mass is 10.1. The lowest BCUT2D eigenvalue weighted by Crippen LogP contribution is -2.41. The van der Waals surface area contributed by atoms with Crippen molar-refractivity contribution in [2.45, 2.75) is 13.0 Å². The molecule has 0 bridgehead atoms. The minimum Gasteiger partial charge on any atom is -0.371 e. The lowest BCUT2D eigenvalue weighted by Gasteiger charge is -2.24. The molecule has 1 fully saturated rings. The van der Waals surface area contributed by atoms with E-state index in [1.54, 1.807) is 0 Å². The number of aliphatic imine (C=N–C) groups is 1. The van der Waals surface area contributed by atoms with Gasteiger partial charge in [-0.3, -0.25) is 4.99 Å². The summed E-state index contributed by atoms with van der Waals surface area (Å²) in [5, 5.41) is 4.31. The van der Waals surface area contributed by atoms with Crippen molar-refractivity contribution >= 4 is 23.2 Å². The molecule has 26 heavy (non-hydrogen) atoms. The Morgan fingerprint density at radius 2 is 2.12 bits per heavy atom. The highest BCUT2D eigenvalue weighted by Gasteiger charge is 2.23.